The summed E-state index contributed by atoms with van der Waals surface area (Å²) in [5.41, 5.74) is 2.70. The van der Waals surface area contributed by atoms with Gasteiger partial charge in [-0.2, -0.15) is 0 Å². The van der Waals surface area contributed by atoms with Gasteiger partial charge in [0, 0.05) is 39.6 Å². The van der Waals surface area contributed by atoms with Crippen molar-refractivity contribution in [3.8, 4) is 0 Å². The highest BCUT2D eigenvalue weighted by Gasteiger charge is 2.22. The third-order valence-electron chi connectivity index (χ3n) is 4.91. The van der Waals surface area contributed by atoms with E-state index in [0.29, 0.717) is 12.3 Å². The minimum atomic E-state index is 0.150. The number of hydrogen-bond acceptors (Lipinski definition) is 2. The molecule has 5 nitrogen and oxygen atoms in total. The smallest absolute Gasteiger partial charge is 0.220 e. The second-order valence-corrected chi connectivity index (χ2v) is 6.72. The van der Waals surface area contributed by atoms with Crippen molar-refractivity contribution >= 4 is 11.9 Å². The SMILES string of the molecule is CCNC(=NCCc1ccccc1C)N1CCC(CC(=O)NC)CC1. The minimum Gasteiger partial charge on any atom is -0.359 e. The maximum Gasteiger partial charge on any atom is 0.220 e. The van der Waals surface area contributed by atoms with E-state index in [0.717, 1.165) is 51.4 Å². The van der Waals surface area contributed by atoms with E-state index < -0.39 is 0 Å². The molecule has 5 heteroatoms. The number of benzene rings is 1. The number of aliphatic imine (C=N–C) groups is 1. The van der Waals surface area contributed by atoms with Gasteiger partial charge in [-0.05, 0) is 50.2 Å². The molecule has 25 heavy (non-hydrogen) atoms. The number of guanidine groups is 1. The molecule has 0 spiro atoms. The van der Waals surface area contributed by atoms with Gasteiger partial charge >= 0.3 is 0 Å². The molecule has 0 unspecified atom stereocenters. The van der Waals surface area contributed by atoms with Gasteiger partial charge in [0.15, 0.2) is 5.96 Å². The summed E-state index contributed by atoms with van der Waals surface area (Å²) in [6.07, 6.45) is 3.71. The monoisotopic (exact) mass is 344 g/mol. The lowest BCUT2D eigenvalue weighted by atomic mass is 9.93. The fraction of sp³-hybridized carbons (Fsp3) is 0.600. The highest BCUT2D eigenvalue weighted by Crippen LogP contribution is 2.20. The van der Waals surface area contributed by atoms with E-state index in [1.54, 1.807) is 7.05 Å². The molecule has 1 aliphatic heterocycles. The average molecular weight is 345 g/mol. The van der Waals surface area contributed by atoms with E-state index in [1.165, 1.54) is 11.1 Å². The lowest BCUT2D eigenvalue weighted by molar-refractivity contribution is -0.121. The normalized spacial score (nSPS) is 16.0. The summed E-state index contributed by atoms with van der Waals surface area (Å²) in [6, 6.07) is 8.51. The molecule has 0 radical (unpaired) electrons. The highest BCUT2D eigenvalue weighted by molar-refractivity contribution is 5.80. The molecular formula is C20H32N4O. The Morgan fingerprint density at radius 2 is 2.00 bits per heavy atom. The van der Waals surface area contributed by atoms with Gasteiger partial charge in [-0.15, -0.1) is 0 Å². The summed E-state index contributed by atoms with van der Waals surface area (Å²) in [6.45, 7) is 7.87. The van der Waals surface area contributed by atoms with Crippen molar-refractivity contribution in [1.82, 2.24) is 15.5 Å². The van der Waals surface area contributed by atoms with Gasteiger partial charge in [0.2, 0.25) is 5.91 Å². The van der Waals surface area contributed by atoms with Crippen LogP contribution in [0.5, 0.6) is 0 Å². The van der Waals surface area contributed by atoms with Crippen LogP contribution in [0.25, 0.3) is 0 Å². The van der Waals surface area contributed by atoms with Crippen molar-refractivity contribution < 1.29 is 4.79 Å². The molecule has 0 bridgehead atoms. The summed E-state index contributed by atoms with van der Waals surface area (Å²) >= 11 is 0. The molecule has 1 aromatic carbocycles. The van der Waals surface area contributed by atoms with Crippen LogP contribution < -0.4 is 10.6 Å². The van der Waals surface area contributed by atoms with Crippen LogP contribution in [0.3, 0.4) is 0 Å². The molecular weight excluding hydrogens is 312 g/mol. The van der Waals surface area contributed by atoms with Crippen LogP contribution in [-0.4, -0.2) is 50.0 Å². The molecule has 0 atom stereocenters. The van der Waals surface area contributed by atoms with E-state index >= 15 is 0 Å². The van der Waals surface area contributed by atoms with E-state index in [9.17, 15) is 4.79 Å². The van der Waals surface area contributed by atoms with Crippen LogP contribution in [0.1, 0.15) is 37.3 Å². The van der Waals surface area contributed by atoms with Gasteiger partial charge in [-0.3, -0.25) is 9.79 Å². The molecule has 0 aliphatic carbocycles. The van der Waals surface area contributed by atoms with Crippen molar-refractivity contribution in [2.75, 3.05) is 33.2 Å². The Balaban J connectivity index is 1.87. The fourth-order valence-electron chi connectivity index (χ4n) is 3.31. The first-order chi connectivity index (χ1) is 12.1. The van der Waals surface area contributed by atoms with Crippen molar-refractivity contribution in [2.24, 2.45) is 10.9 Å². The zero-order valence-corrected chi connectivity index (χ0v) is 15.8. The van der Waals surface area contributed by atoms with Gasteiger partial charge in [0.1, 0.15) is 0 Å². The van der Waals surface area contributed by atoms with E-state index in [2.05, 4.69) is 53.6 Å². The summed E-state index contributed by atoms with van der Waals surface area (Å²) in [4.78, 5) is 18.7. The molecule has 2 rings (SSSR count). The number of nitrogens with zero attached hydrogens (tertiary/aromatic N) is 2. The highest BCUT2D eigenvalue weighted by atomic mass is 16.1. The standard InChI is InChI=1S/C20H32N4O/c1-4-22-20(23-12-9-18-8-6-5-7-16(18)2)24-13-10-17(11-14-24)15-19(25)21-3/h5-8,17H,4,9-15H2,1-3H3,(H,21,25)(H,22,23). The van der Waals surface area contributed by atoms with Crippen LogP contribution in [0.4, 0.5) is 0 Å². The number of carbonyl (C=O) groups excluding carboxylic acids is 1. The van der Waals surface area contributed by atoms with Crippen LogP contribution in [0, 0.1) is 12.8 Å². The third-order valence-corrected chi connectivity index (χ3v) is 4.91. The first kappa shape index (κ1) is 19.3. The largest absolute Gasteiger partial charge is 0.359 e. The molecule has 1 fully saturated rings. The van der Waals surface area contributed by atoms with Crippen LogP contribution in [0.2, 0.25) is 0 Å². The molecule has 0 saturated carbocycles. The number of aryl methyl sites for hydroxylation is 1. The summed E-state index contributed by atoms with van der Waals surface area (Å²) in [5, 5.41) is 6.14. The molecule has 1 amide bonds. The fourth-order valence-corrected chi connectivity index (χ4v) is 3.31. The van der Waals surface area contributed by atoms with E-state index in [4.69, 9.17) is 4.99 Å². The Morgan fingerprint density at radius 3 is 2.64 bits per heavy atom. The predicted molar refractivity (Wildman–Crippen MR) is 104 cm³/mol. The third kappa shape index (κ3) is 6.07. The summed E-state index contributed by atoms with van der Waals surface area (Å²) in [5.74, 6) is 1.65. The van der Waals surface area contributed by atoms with Crippen molar-refractivity contribution in [3.63, 3.8) is 0 Å². The number of rotatable bonds is 6. The Hall–Kier alpha value is -2.04. The zero-order valence-electron chi connectivity index (χ0n) is 15.8. The van der Waals surface area contributed by atoms with Gasteiger partial charge < -0.3 is 15.5 Å². The second kappa shape index (κ2) is 10.1. The predicted octanol–water partition coefficient (Wildman–Crippen LogP) is 2.35. The summed E-state index contributed by atoms with van der Waals surface area (Å²) < 4.78 is 0. The topological polar surface area (TPSA) is 56.7 Å². The maximum absolute atomic E-state index is 11.5. The molecule has 2 N–H and O–H groups in total. The maximum atomic E-state index is 11.5. The van der Waals surface area contributed by atoms with Gasteiger partial charge in [-0.25, -0.2) is 0 Å². The molecule has 1 aromatic rings. The minimum absolute atomic E-state index is 0.150. The number of amides is 1. The Bertz CT molecular complexity index is 577. The van der Waals surface area contributed by atoms with Gasteiger partial charge in [0.25, 0.3) is 0 Å². The summed E-state index contributed by atoms with van der Waals surface area (Å²) in [7, 11) is 1.71. The van der Waals surface area contributed by atoms with Crippen LogP contribution in [0.15, 0.2) is 29.3 Å². The lowest BCUT2D eigenvalue weighted by Gasteiger charge is -2.34. The van der Waals surface area contributed by atoms with Crippen molar-refractivity contribution in [3.05, 3.63) is 35.4 Å². The molecule has 1 aliphatic rings. The van der Waals surface area contributed by atoms with Crippen LogP contribution in [-0.2, 0) is 11.2 Å². The number of nitrogens with one attached hydrogen (secondary N) is 2. The number of likely N-dealkylation sites (tertiary alicyclic amines) is 1. The number of carbonyl (C=O) groups is 1. The van der Waals surface area contributed by atoms with Crippen molar-refractivity contribution in [2.45, 2.75) is 39.5 Å². The number of piperidine rings is 1. The van der Waals surface area contributed by atoms with Gasteiger partial charge in [-0.1, -0.05) is 24.3 Å². The second-order valence-electron chi connectivity index (χ2n) is 6.72. The Kier molecular flexibility index (Phi) is 7.76. The van der Waals surface area contributed by atoms with Gasteiger partial charge in [0.05, 0.1) is 0 Å². The Labute approximate surface area is 151 Å². The lowest BCUT2D eigenvalue weighted by Crippen LogP contribution is -2.46. The van der Waals surface area contributed by atoms with E-state index in [-0.39, 0.29) is 5.91 Å². The number of hydrogen-bond donors (Lipinski definition) is 2. The zero-order chi connectivity index (χ0) is 18.1. The molecule has 1 heterocycles. The quantitative estimate of drug-likeness (QED) is 0.615. The average Bonchev–Trinajstić information content (AvgIpc) is 2.63. The first-order valence-corrected chi connectivity index (χ1v) is 9.42. The van der Waals surface area contributed by atoms with Crippen LogP contribution >= 0.6 is 0 Å². The van der Waals surface area contributed by atoms with E-state index in [1.807, 2.05) is 0 Å². The Morgan fingerprint density at radius 1 is 1.28 bits per heavy atom. The first-order valence-electron chi connectivity index (χ1n) is 9.42. The van der Waals surface area contributed by atoms with Crippen molar-refractivity contribution in [1.29, 1.82) is 0 Å². The molecule has 1 saturated heterocycles. The molecule has 0 aromatic heterocycles. The molecule has 138 valence electrons.